The van der Waals surface area contributed by atoms with Crippen LogP contribution < -0.4 is 0 Å². The van der Waals surface area contributed by atoms with E-state index in [9.17, 15) is 18.0 Å². The van der Waals surface area contributed by atoms with Crippen molar-refractivity contribution in [2.24, 2.45) is 5.92 Å². The van der Waals surface area contributed by atoms with Crippen molar-refractivity contribution in [3.05, 3.63) is 30.1 Å². The summed E-state index contributed by atoms with van der Waals surface area (Å²) in [6.45, 7) is 0.340. The fraction of sp³-hybridized carbons (Fsp3) is 0.579. The number of benzene rings is 1. The number of carbonyl (C=O) groups is 1. The number of hydrogen-bond donors (Lipinski definition) is 0. The van der Waals surface area contributed by atoms with E-state index in [0.717, 1.165) is 36.7 Å². The number of rotatable bonds is 2. The number of nitrogens with zero attached hydrogens (tertiary/aromatic N) is 3. The molecule has 1 aliphatic heterocycles. The molecule has 2 aliphatic rings. The first-order valence-corrected chi connectivity index (χ1v) is 9.27. The van der Waals surface area contributed by atoms with Gasteiger partial charge in [0.15, 0.2) is 0 Å². The highest BCUT2D eigenvalue weighted by Crippen LogP contribution is 2.36. The predicted octanol–water partition coefficient (Wildman–Crippen LogP) is 4.24. The van der Waals surface area contributed by atoms with Crippen molar-refractivity contribution in [3.8, 4) is 0 Å². The van der Waals surface area contributed by atoms with E-state index in [-0.39, 0.29) is 24.0 Å². The zero-order valence-electron chi connectivity index (χ0n) is 14.5. The number of para-hydroxylation sites is 2. The first kappa shape index (κ1) is 17.4. The van der Waals surface area contributed by atoms with Gasteiger partial charge in [0.25, 0.3) is 0 Å². The summed E-state index contributed by atoms with van der Waals surface area (Å²) in [6.07, 6.45) is 1.83. The molecule has 7 heteroatoms. The second kappa shape index (κ2) is 6.59. The van der Waals surface area contributed by atoms with Crippen molar-refractivity contribution < 1.29 is 18.0 Å². The molecular formula is C19H22F3N3O. The van der Waals surface area contributed by atoms with Crippen LogP contribution in [-0.2, 0) is 17.5 Å². The third kappa shape index (κ3) is 3.08. The van der Waals surface area contributed by atoms with Crippen LogP contribution in [0.15, 0.2) is 24.3 Å². The van der Waals surface area contributed by atoms with E-state index >= 15 is 0 Å². The van der Waals surface area contributed by atoms with Crippen LogP contribution in [0.4, 0.5) is 13.2 Å². The van der Waals surface area contributed by atoms with E-state index in [1.807, 2.05) is 4.90 Å². The molecule has 1 saturated carbocycles. The van der Waals surface area contributed by atoms with Gasteiger partial charge in [0, 0.05) is 12.6 Å². The number of amides is 1. The van der Waals surface area contributed by atoms with Crippen LogP contribution >= 0.6 is 0 Å². The Morgan fingerprint density at radius 2 is 1.85 bits per heavy atom. The minimum absolute atomic E-state index is 0.189. The highest BCUT2D eigenvalue weighted by molar-refractivity contribution is 5.81. The van der Waals surface area contributed by atoms with E-state index in [1.165, 1.54) is 6.42 Å². The summed E-state index contributed by atoms with van der Waals surface area (Å²) >= 11 is 0. The molecule has 140 valence electrons. The van der Waals surface area contributed by atoms with E-state index in [4.69, 9.17) is 0 Å². The van der Waals surface area contributed by atoms with E-state index in [1.54, 1.807) is 24.3 Å². The molecule has 0 radical (unpaired) electrons. The molecule has 4 nitrogen and oxygen atoms in total. The molecule has 2 aromatic rings. The van der Waals surface area contributed by atoms with Gasteiger partial charge in [0.2, 0.25) is 11.7 Å². The monoisotopic (exact) mass is 365 g/mol. The number of imidazole rings is 1. The lowest BCUT2D eigenvalue weighted by atomic mass is 9.78. The molecule has 1 aliphatic carbocycles. The minimum atomic E-state index is -4.59. The maximum absolute atomic E-state index is 13.4. The van der Waals surface area contributed by atoms with Crippen molar-refractivity contribution in [1.29, 1.82) is 0 Å². The Hall–Kier alpha value is -2.05. The number of piperidine rings is 1. The van der Waals surface area contributed by atoms with Gasteiger partial charge in [0.1, 0.15) is 6.54 Å². The molecule has 1 amide bonds. The van der Waals surface area contributed by atoms with Crippen molar-refractivity contribution >= 4 is 16.9 Å². The number of hydrogen-bond acceptors (Lipinski definition) is 2. The van der Waals surface area contributed by atoms with Gasteiger partial charge in [0.05, 0.1) is 11.0 Å². The van der Waals surface area contributed by atoms with Gasteiger partial charge in [-0.2, -0.15) is 13.2 Å². The smallest absolute Gasteiger partial charge is 0.338 e. The summed E-state index contributed by atoms with van der Waals surface area (Å²) in [5.74, 6) is -0.720. The van der Waals surface area contributed by atoms with Crippen LogP contribution in [0.1, 0.15) is 44.3 Å². The Morgan fingerprint density at radius 3 is 2.65 bits per heavy atom. The third-order valence-electron chi connectivity index (χ3n) is 5.77. The Labute approximate surface area is 150 Å². The highest BCUT2D eigenvalue weighted by Gasteiger charge is 2.40. The van der Waals surface area contributed by atoms with Crippen LogP contribution in [0.3, 0.4) is 0 Å². The largest absolute Gasteiger partial charge is 0.449 e. The maximum atomic E-state index is 13.4. The average Bonchev–Trinajstić information content (AvgIpc) is 3.00. The van der Waals surface area contributed by atoms with Gasteiger partial charge in [-0.3, -0.25) is 4.79 Å². The summed E-state index contributed by atoms with van der Waals surface area (Å²) < 4.78 is 41.4. The molecule has 0 bridgehead atoms. The van der Waals surface area contributed by atoms with Gasteiger partial charge >= 0.3 is 6.18 Å². The topological polar surface area (TPSA) is 38.1 Å². The molecule has 2 fully saturated rings. The summed E-state index contributed by atoms with van der Waals surface area (Å²) in [4.78, 5) is 18.5. The zero-order valence-corrected chi connectivity index (χ0v) is 14.5. The van der Waals surface area contributed by atoms with Crippen molar-refractivity contribution in [2.45, 2.75) is 57.3 Å². The molecule has 0 spiro atoms. The van der Waals surface area contributed by atoms with Crippen LogP contribution in [0, 0.1) is 5.92 Å². The molecule has 0 N–H and O–H groups in total. The lowest BCUT2D eigenvalue weighted by molar-refractivity contribution is -0.149. The highest BCUT2D eigenvalue weighted by atomic mass is 19.4. The summed E-state index contributed by atoms with van der Waals surface area (Å²) in [5, 5.41) is 0. The summed E-state index contributed by atoms with van der Waals surface area (Å²) in [7, 11) is 0. The van der Waals surface area contributed by atoms with Crippen molar-refractivity contribution in [1.82, 2.24) is 14.5 Å². The van der Waals surface area contributed by atoms with Gasteiger partial charge in [-0.1, -0.05) is 25.0 Å². The minimum Gasteiger partial charge on any atom is -0.338 e. The lowest BCUT2D eigenvalue weighted by Gasteiger charge is -2.44. The van der Waals surface area contributed by atoms with E-state index in [0.29, 0.717) is 18.0 Å². The second-order valence-electron chi connectivity index (χ2n) is 7.35. The normalized spacial score (nSPS) is 23.9. The first-order chi connectivity index (χ1) is 12.4. The number of likely N-dealkylation sites (tertiary alicyclic amines) is 1. The fourth-order valence-electron chi connectivity index (χ4n) is 4.61. The first-order valence-electron chi connectivity index (χ1n) is 9.27. The number of fused-ring (bicyclic) bond motifs is 2. The average molecular weight is 365 g/mol. The Balaban J connectivity index is 1.65. The lowest BCUT2D eigenvalue weighted by Crippen LogP contribution is -2.50. The van der Waals surface area contributed by atoms with Crippen molar-refractivity contribution in [3.63, 3.8) is 0 Å². The van der Waals surface area contributed by atoms with E-state index < -0.39 is 12.0 Å². The molecule has 26 heavy (non-hydrogen) atoms. The molecule has 1 aromatic carbocycles. The fourth-order valence-corrected chi connectivity index (χ4v) is 4.61. The van der Waals surface area contributed by atoms with Gasteiger partial charge < -0.3 is 9.47 Å². The van der Waals surface area contributed by atoms with Gasteiger partial charge in [-0.05, 0) is 43.7 Å². The van der Waals surface area contributed by atoms with Crippen LogP contribution in [0.2, 0.25) is 0 Å². The molecule has 4 rings (SSSR count). The van der Waals surface area contributed by atoms with Crippen LogP contribution in [0.5, 0.6) is 0 Å². The van der Waals surface area contributed by atoms with Crippen molar-refractivity contribution in [2.75, 3.05) is 6.54 Å². The Morgan fingerprint density at radius 1 is 1.12 bits per heavy atom. The summed E-state index contributed by atoms with van der Waals surface area (Å²) in [5.41, 5.74) is 0.618. The van der Waals surface area contributed by atoms with Crippen LogP contribution in [0.25, 0.3) is 11.0 Å². The molecular weight excluding hydrogens is 343 g/mol. The Kier molecular flexibility index (Phi) is 4.40. The second-order valence-corrected chi connectivity index (χ2v) is 7.35. The molecule has 2 unspecified atom stereocenters. The Bertz CT molecular complexity index is 812. The quantitative estimate of drug-likeness (QED) is 0.799. The molecule has 1 saturated heterocycles. The number of carbonyl (C=O) groups excluding carboxylic acids is 1. The standard InChI is InChI=1S/C19H22F3N3O/c20-19(21,22)18-23-14-8-2-4-10-16(14)25(18)12-17(26)24-11-5-7-13-6-1-3-9-15(13)24/h2,4,8,10,13,15H,1,3,5-7,9,11-12H2. The van der Waals surface area contributed by atoms with E-state index in [2.05, 4.69) is 4.98 Å². The van der Waals surface area contributed by atoms with Gasteiger partial charge in [-0.15, -0.1) is 0 Å². The number of aromatic nitrogens is 2. The maximum Gasteiger partial charge on any atom is 0.449 e. The predicted molar refractivity (Wildman–Crippen MR) is 91.4 cm³/mol. The number of halogens is 3. The SMILES string of the molecule is O=C(Cn1c(C(F)(F)F)nc2ccccc21)N1CCCC2CCCCC21. The molecule has 1 aromatic heterocycles. The molecule has 2 heterocycles. The van der Waals surface area contributed by atoms with Crippen LogP contribution in [-0.4, -0.2) is 32.9 Å². The number of alkyl halides is 3. The third-order valence-corrected chi connectivity index (χ3v) is 5.77. The zero-order chi connectivity index (χ0) is 18.3. The summed E-state index contributed by atoms with van der Waals surface area (Å²) in [6, 6.07) is 6.64. The molecule has 2 atom stereocenters. The van der Waals surface area contributed by atoms with Gasteiger partial charge in [-0.25, -0.2) is 4.98 Å².